The predicted octanol–water partition coefficient (Wildman–Crippen LogP) is 0.552. The molecular weight excluding hydrogens is 280 g/mol. The van der Waals surface area contributed by atoms with Crippen LogP contribution in [0, 0.1) is 0 Å². The van der Waals surface area contributed by atoms with Gasteiger partial charge in [-0.1, -0.05) is 0 Å². The lowest BCUT2D eigenvalue weighted by Gasteiger charge is -2.17. The number of methoxy groups -OCH3 is 1. The second-order valence-corrected chi connectivity index (χ2v) is 6.29. The Balaban J connectivity index is 2.71. The first-order chi connectivity index (χ1) is 9.52. The zero-order chi connectivity index (χ0) is 15.0. The summed E-state index contributed by atoms with van der Waals surface area (Å²) in [6, 6.07) is 6.39. The van der Waals surface area contributed by atoms with Crippen molar-refractivity contribution in [3.8, 4) is 5.75 Å². The molecule has 0 heterocycles. The molecule has 1 N–H and O–H groups in total. The number of nitrogens with zero attached hydrogens (tertiary/aromatic N) is 1. The summed E-state index contributed by atoms with van der Waals surface area (Å²) in [5, 5.41) is 2.92. The number of benzene rings is 1. The zero-order valence-electron chi connectivity index (χ0n) is 12.1. The molecule has 1 aromatic rings. The summed E-state index contributed by atoms with van der Waals surface area (Å²) in [6.45, 7) is 1.95. The lowest BCUT2D eigenvalue weighted by Crippen LogP contribution is -2.32. The third kappa shape index (κ3) is 4.75. The largest absolute Gasteiger partial charge is 0.491 e. The first-order valence-corrected chi connectivity index (χ1v) is 7.79. The maximum absolute atomic E-state index is 12.2. The number of ether oxygens (including phenoxy) is 2. The molecule has 1 aromatic carbocycles. The van der Waals surface area contributed by atoms with Gasteiger partial charge in [-0.05, 0) is 31.3 Å². The molecule has 0 amide bonds. The highest BCUT2D eigenvalue weighted by Crippen LogP contribution is 2.18. The van der Waals surface area contributed by atoms with Crippen molar-refractivity contribution in [2.75, 3.05) is 47.5 Å². The smallest absolute Gasteiger partial charge is 0.242 e. The van der Waals surface area contributed by atoms with Crippen LogP contribution in [0.4, 0.5) is 0 Å². The number of hydrogen-bond donors (Lipinski definition) is 1. The molecule has 0 atom stereocenters. The van der Waals surface area contributed by atoms with Crippen LogP contribution in [0.15, 0.2) is 29.2 Å². The Morgan fingerprint density at radius 2 is 1.85 bits per heavy atom. The summed E-state index contributed by atoms with van der Waals surface area (Å²) < 4.78 is 36.1. The molecule has 114 valence electrons. The average molecular weight is 302 g/mol. The van der Waals surface area contributed by atoms with Crippen LogP contribution in [0.25, 0.3) is 0 Å². The Labute approximate surface area is 120 Å². The summed E-state index contributed by atoms with van der Waals surface area (Å²) >= 11 is 0. The number of rotatable bonds is 9. The highest BCUT2D eigenvalue weighted by molar-refractivity contribution is 7.89. The highest BCUT2D eigenvalue weighted by atomic mass is 32.2. The maximum Gasteiger partial charge on any atom is 0.242 e. The molecule has 0 fully saturated rings. The molecule has 7 heteroatoms. The van der Waals surface area contributed by atoms with Crippen molar-refractivity contribution >= 4 is 10.0 Å². The number of sulfonamides is 1. The SMILES string of the molecule is CNCCN(C)S(=O)(=O)c1ccc(OCCOC)cc1. The van der Waals surface area contributed by atoms with Crippen LogP contribution in [-0.4, -0.2) is 60.2 Å². The van der Waals surface area contributed by atoms with E-state index in [9.17, 15) is 8.42 Å². The minimum absolute atomic E-state index is 0.259. The van der Waals surface area contributed by atoms with Gasteiger partial charge in [0, 0.05) is 27.2 Å². The Kier molecular flexibility index (Phi) is 6.94. The molecule has 0 saturated heterocycles. The number of hydrogen-bond acceptors (Lipinski definition) is 5. The quantitative estimate of drug-likeness (QED) is 0.675. The first-order valence-electron chi connectivity index (χ1n) is 6.35. The van der Waals surface area contributed by atoms with Gasteiger partial charge in [-0.3, -0.25) is 0 Å². The third-order valence-electron chi connectivity index (χ3n) is 2.76. The van der Waals surface area contributed by atoms with E-state index >= 15 is 0 Å². The fourth-order valence-electron chi connectivity index (χ4n) is 1.52. The van der Waals surface area contributed by atoms with Crippen molar-refractivity contribution < 1.29 is 17.9 Å². The Bertz CT molecular complexity index is 488. The van der Waals surface area contributed by atoms with Crippen molar-refractivity contribution in [2.24, 2.45) is 0 Å². The van der Waals surface area contributed by atoms with Crippen molar-refractivity contribution in [1.82, 2.24) is 9.62 Å². The van der Waals surface area contributed by atoms with E-state index in [1.165, 1.54) is 4.31 Å². The molecule has 0 aliphatic rings. The lowest BCUT2D eigenvalue weighted by molar-refractivity contribution is 0.146. The summed E-state index contributed by atoms with van der Waals surface area (Å²) in [7, 11) is 1.51. The fraction of sp³-hybridized carbons (Fsp3) is 0.538. The fourth-order valence-corrected chi connectivity index (χ4v) is 2.69. The van der Waals surface area contributed by atoms with Crippen molar-refractivity contribution in [2.45, 2.75) is 4.90 Å². The van der Waals surface area contributed by atoms with Gasteiger partial charge in [-0.2, -0.15) is 4.31 Å². The van der Waals surface area contributed by atoms with Crippen LogP contribution < -0.4 is 10.1 Å². The van der Waals surface area contributed by atoms with Gasteiger partial charge < -0.3 is 14.8 Å². The molecule has 0 aliphatic carbocycles. The lowest BCUT2D eigenvalue weighted by atomic mass is 10.3. The molecule has 0 unspecified atom stereocenters. The third-order valence-corrected chi connectivity index (χ3v) is 4.64. The molecule has 0 bridgehead atoms. The molecule has 20 heavy (non-hydrogen) atoms. The normalized spacial score (nSPS) is 11.8. The van der Waals surface area contributed by atoms with Gasteiger partial charge >= 0.3 is 0 Å². The summed E-state index contributed by atoms with van der Waals surface area (Å²) in [5.74, 6) is 0.624. The van der Waals surface area contributed by atoms with E-state index in [4.69, 9.17) is 9.47 Å². The van der Waals surface area contributed by atoms with E-state index in [2.05, 4.69) is 5.32 Å². The van der Waals surface area contributed by atoms with Crippen LogP contribution in [0.3, 0.4) is 0 Å². The minimum Gasteiger partial charge on any atom is -0.491 e. The molecule has 0 aromatic heterocycles. The van der Waals surface area contributed by atoms with E-state index in [1.807, 2.05) is 0 Å². The van der Waals surface area contributed by atoms with Crippen molar-refractivity contribution in [3.05, 3.63) is 24.3 Å². The van der Waals surface area contributed by atoms with E-state index < -0.39 is 10.0 Å². The highest BCUT2D eigenvalue weighted by Gasteiger charge is 2.19. The van der Waals surface area contributed by atoms with Crippen LogP contribution in [0.5, 0.6) is 5.75 Å². The molecular formula is C13H22N2O4S. The van der Waals surface area contributed by atoms with Crippen LogP contribution >= 0.6 is 0 Å². The summed E-state index contributed by atoms with van der Waals surface area (Å²) in [6.07, 6.45) is 0. The Morgan fingerprint density at radius 1 is 1.20 bits per heavy atom. The van der Waals surface area contributed by atoms with Crippen LogP contribution in [-0.2, 0) is 14.8 Å². The van der Waals surface area contributed by atoms with Crippen LogP contribution in [0.2, 0.25) is 0 Å². The number of nitrogens with one attached hydrogen (secondary N) is 1. The molecule has 0 aliphatic heterocycles. The zero-order valence-corrected chi connectivity index (χ0v) is 12.9. The topological polar surface area (TPSA) is 67.9 Å². The van der Waals surface area contributed by atoms with Gasteiger partial charge in [0.2, 0.25) is 10.0 Å². The van der Waals surface area contributed by atoms with E-state index in [0.29, 0.717) is 32.1 Å². The minimum atomic E-state index is -3.44. The predicted molar refractivity (Wildman–Crippen MR) is 77.6 cm³/mol. The van der Waals surface area contributed by atoms with E-state index in [1.54, 1.807) is 45.5 Å². The monoisotopic (exact) mass is 302 g/mol. The van der Waals surface area contributed by atoms with Crippen molar-refractivity contribution in [3.63, 3.8) is 0 Å². The van der Waals surface area contributed by atoms with Gasteiger partial charge in [0.15, 0.2) is 0 Å². The van der Waals surface area contributed by atoms with Gasteiger partial charge in [-0.25, -0.2) is 8.42 Å². The van der Waals surface area contributed by atoms with Gasteiger partial charge in [0.1, 0.15) is 12.4 Å². The van der Waals surface area contributed by atoms with Gasteiger partial charge in [0.05, 0.1) is 11.5 Å². The first kappa shape index (κ1) is 16.9. The Hall–Kier alpha value is -1.15. The second-order valence-electron chi connectivity index (χ2n) is 4.24. The molecule has 0 saturated carbocycles. The number of likely N-dealkylation sites (N-methyl/N-ethyl adjacent to an activating group) is 2. The summed E-state index contributed by atoms with van der Waals surface area (Å²) in [4.78, 5) is 0.259. The maximum atomic E-state index is 12.2. The van der Waals surface area contributed by atoms with Gasteiger partial charge in [0.25, 0.3) is 0 Å². The van der Waals surface area contributed by atoms with E-state index in [-0.39, 0.29) is 4.90 Å². The van der Waals surface area contributed by atoms with Crippen molar-refractivity contribution in [1.29, 1.82) is 0 Å². The second kappa shape index (κ2) is 8.21. The average Bonchev–Trinajstić information content (AvgIpc) is 2.45. The standard InChI is InChI=1S/C13H22N2O4S/c1-14-8-9-15(2)20(16,17)13-6-4-12(5-7-13)19-11-10-18-3/h4-7,14H,8-11H2,1-3H3. The van der Waals surface area contributed by atoms with Gasteiger partial charge in [-0.15, -0.1) is 0 Å². The molecule has 6 nitrogen and oxygen atoms in total. The Morgan fingerprint density at radius 3 is 2.40 bits per heavy atom. The summed E-state index contributed by atoms with van der Waals surface area (Å²) in [5.41, 5.74) is 0. The molecule has 0 radical (unpaired) electrons. The molecule has 1 rings (SSSR count). The van der Waals surface area contributed by atoms with E-state index in [0.717, 1.165) is 0 Å². The molecule has 0 spiro atoms. The van der Waals surface area contributed by atoms with Crippen LogP contribution in [0.1, 0.15) is 0 Å².